The maximum Gasteiger partial charge on any atom is 0.414 e. The molecule has 8 nitrogen and oxygen atoms in total. The Balaban J connectivity index is 4.90. The first kappa shape index (κ1) is 57.1. The van der Waals surface area contributed by atoms with E-state index >= 15 is 0 Å². The van der Waals surface area contributed by atoms with Crippen molar-refractivity contribution in [2.45, 2.75) is 234 Å². The molecular weight excluding hydrogens is 745 g/mol. The first-order chi connectivity index (χ1) is 28.8. The number of carbonyl (C=O) groups is 2. The molecule has 0 radical (unpaired) electrons. The highest BCUT2D eigenvalue weighted by atomic mass is 16.6. The Kier molecular flexibility index (Phi) is 37.1. The summed E-state index contributed by atoms with van der Waals surface area (Å²) in [5.41, 5.74) is -1.36. The standard InChI is InChI=1S/C52H96N4O4/c1-10-12-14-16-18-20-22-24-26-28-30-32-34-36-38-40-42-47(43-41-39-37-35-33-31-29-27-25-23-21-19-17-15-13-11-2)46-56(9)45-44-53-48(54-49(57)59-51(3,4)5)55-50(58)60-52(6,7)8/h18-21,24-27,47H,10-17,22-23,28-46H2,1-9H3,(H2,53,54,55,57,58). The van der Waals surface area contributed by atoms with Crippen molar-refractivity contribution in [3.05, 3.63) is 48.6 Å². The number of nitrogens with zero attached hydrogens (tertiary/aromatic N) is 2. The predicted molar refractivity (Wildman–Crippen MR) is 260 cm³/mol. The molecule has 0 unspecified atom stereocenters. The fourth-order valence-electron chi connectivity index (χ4n) is 6.94. The van der Waals surface area contributed by atoms with E-state index in [4.69, 9.17) is 9.47 Å². The van der Waals surface area contributed by atoms with E-state index in [2.05, 4.69) is 90.0 Å². The first-order valence-electron chi connectivity index (χ1n) is 24.6. The number of alkyl carbamates (subject to hydrolysis) is 2. The molecular formula is C52H96N4O4. The molecule has 2 N–H and O–H groups in total. The summed E-state index contributed by atoms with van der Waals surface area (Å²) in [6, 6.07) is 0. The number of carbonyl (C=O) groups excluding carboxylic acids is 2. The van der Waals surface area contributed by atoms with Crippen LogP contribution in [-0.2, 0) is 9.47 Å². The molecule has 8 heteroatoms. The van der Waals surface area contributed by atoms with Crippen molar-refractivity contribution in [1.82, 2.24) is 15.5 Å². The van der Waals surface area contributed by atoms with Crippen molar-refractivity contribution in [2.75, 3.05) is 26.7 Å². The summed E-state index contributed by atoms with van der Waals surface area (Å²) in [5, 5.41) is 5.20. The molecule has 0 aromatic rings. The molecule has 0 spiro atoms. The van der Waals surface area contributed by atoms with Crippen molar-refractivity contribution in [1.29, 1.82) is 0 Å². The number of nitrogens with one attached hydrogen (secondary N) is 2. The lowest BCUT2D eigenvalue weighted by Crippen LogP contribution is -2.47. The zero-order chi connectivity index (χ0) is 44.6. The fraction of sp³-hybridized carbons (Fsp3) is 0.788. The number of likely N-dealkylation sites (N-methyl/N-ethyl adjacent to an activating group) is 1. The maximum atomic E-state index is 12.5. The SMILES string of the molecule is CCCCCC=CCC=CCCCCCCCCC(CCCCCCCCC=CCC=CCCCCC)CN(C)CCN=C(NC(=O)OC(C)(C)C)NC(=O)OC(C)(C)C. The molecule has 0 heterocycles. The van der Waals surface area contributed by atoms with Crippen LogP contribution in [0.25, 0.3) is 0 Å². The van der Waals surface area contributed by atoms with Gasteiger partial charge < -0.3 is 14.4 Å². The van der Waals surface area contributed by atoms with Crippen LogP contribution in [-0.4, -0.2) is 60.9 Å². The maximum absolute atomic E-state index is 12.5. The number of hydrogen-bond acceptors (Lipinski definition) is 6. The van der Waals surface area contributed by atoms with E-state index in [1.165, 1.54) is 154 Å². The second-order valence-electron chi connectivity index (χ2n) is 18.9. The number of amides is 2. The van der Waals surface area contributed by atoms with Gasteiger partial charge in [-0.1, -0.05) is 152 Å². The van der Waals surface area contributed by atoms with Crippen LogP contribution in [0.1, 0.15) is 222 Å². The van der Waals surface area contributed by atoms with Crippen molar-refractivity contribution in [3.63, 3.8) is 0 Å². The summed E-state index contributed by atoms with van der Waals surface area (Å²) < 4.78 is 10.8. The Morgan fingerprint density at radius 2 is 0.883 bits per heavy atom. The summed E-state index contributed by atoms with van der Waals surface area (Å²) in [6.45, 7) is 17.4. The molecule has 0 aliphatic rings. The summed E-state index contributed by atoms with van der Waals surface area (Å²) in [4.78, 5) is 31.9. The third-order valence-corrected chi connectivity index (χ3v) is 10.2. The van der Waals surface area contributed by atoms with E-state index in [1.54, 1.807) is 41.5 Å². The molecule has 0 bridgehead atoms. The van der Waals surface area contributed by atoms with E-state index in [1.807, 2.05) is 0 Å². The van der Waals surface area contributed by atoms with Crippen LogP contribution >= 0.6 is 0 Å². The van der Waals surface area contributed by atoms with Gasteiger partial charge in [0, 0.05) is 13.1 Å². The molecule has 60 heavy (non-hydrogen) atoms. The Morgan fingerprint density at radius 1 is 0.533 bits per heavy atom. The van der Waals surface area contributed by atoms with Gasteiger partial charge in [0.15, 0.2) is 0 Å². The van der Waals surface area contributed by atoms with Crippen molar-refractivity contribution in [3.8, 4) is 0 Å². The lowest BCUT2D eigenvalue weighted by Gasteiger charge is -2.24. The van der Waals surface area contributed by atoms with Gasteiger partial charge in [-0.2, -0.15) is 0 Å². The molecule has 2 amide bonds. The fourth-order valence-corrected chi connectivity index (χ4v) is 6.94. The van der Waals surface area contributed by atoms with E-state index in [9.17, 15) is 9.59 Å². The Labute approximate surface area is 371 Å². The molecule has 0 atom stereocenters. The van der Waals surface area contributed by atoms with Gasteiger partial charge in [0.25, 0.3) is 0 Å². The number of guanidine groups is 1. The highest BCUT2D eigenvalue weighted by molar-refractivity contribution is 6.01. The van der Waals surface area contributed by atoms with Crippen LogP contribution in [0.4, 0.5) is 9.59 Å². The minimum atomic E-state index is -0.680. The lowest BCUT2D eigenvalue weighted by atomic mass is 9.93. The average Bonchev–Trinajstić information content (AvgIpc) is 3.15. The normalized spacial score (nSPS) is 13.0. The van der Waals surface area contributed by atoms with Crippen LogP contribution in [0.3, 0.4) is 0 Å². The minimum absolute atomic E-state index is 0.0335. The zero-order valence-corrected chi connectivity index (χ0v) is 40.7. The van der Waals surface area contributed by atoms with Gasteiger partial charge in [0.2, 0.25) is 5.96 Å². The molecule has 0 saturated heterocycles. The number of rotatable bonds is 35. The highest BCUT2D eigenvalue weighted by Gasteiger charge is 2.21. The van der Waals surface area contributed by atoms with Crippen LogP contribution in [0.5, 0.6) is 0 Å². The molecule has 0 rings (SSSR count). The Hall–Kier alpha value is -2.87. The highest BCUT2D eigenvalue weighted by Crippen LogP contribution is 2.21. The number of aliphatic imine (C=N–C) groups is 1. The number of allylic oxidation sites excluding steroid dienone is 8. The summed E-state index contributed by atoms with van der Waals surface area (Å²) in [6.07, 6.45) is 50.5. The van der Waals surface area contributed by atoms with Crippen molar-refractivity contribution >= 4 is 18.1 Å². The molecule has 0 fully saturated rings. The second kappa shape index (κ2) is 39.0. The van der Waals surface area contributed by atoms with Gasteiger partial charge in [-0.15, -0.1) is 0 Å². The smallest absolute Gasteiger partial charge is 0.414 e. The van der Waals surface area contributed by atoms with Gasteiger partial charge >= 0.3 is 12.2 Å². The first-order valence-corrected chi connectivity index (χ1v) is 24.6. The van der Waals surface area contributed by atoms with E-state index in [0.29, 0.717) is 19.0 Å². The Morgan fingerprint density at radius 3 is 1.25 bits per heavy atom. The van der Waals surface area contributed by atoms with E-state index in [0.717, 1.165) is 19.4 Å². The van der Waals surface area contributed by atoms with Crippen LogP contribution in [0.2, 0.25) is 0 Å². The van der Waals surface area contributed by atoms with Crippen LogP contribution < -0.4 is 10.6 Å². The van der Waals surface area contributed by atoms with Gasteiger partial charge in [0.1, 0.15) is 11.2 Å². The monoisotopic (exact) mass is 841 g/mol. The van der Waals surface area contributed by atoms with Crippen molar-refractivity contribution < 1.29 is 19.1 Å². The molecule has 0 aliphatic carbocycles. The van der Waals surface area contributed by atoms with Gasteiger partial charge in [0.05, 0.1) is 6.54 Å². The molecule has 348 valence electrons. The van der Waals surface area contributed by atoms with Crippen LogP contribution in [0, 0.1) is 5.92 Å². The van der Waals surface area contributed by atoms with Gasteiger partial charge in [-0.25, -0.2) is 9.59 Å². The topological polar surface area (TPSA) is 92.3 Å². The molecule has 0 saturated carbocycles. The van der Waals surface area contributed by atoms with Gasteiger partial charge in [-0.3, -0.25) is 15.6 Å². The van der Waals surface area contributed by atoms with Gasteiger partial charge in [-0.05, 0) is 132 Å². The number of unbranched alkanes of at least 4 members (excludes halogenated alkanes) is 18. The third-order valence-electron chi connectivity index (χ3n) is 10.2. The quantitative estimate of drug-likeness (QED) is 0.0287. The predicted octanol–water partition coefficient (Wildman–Crippen LogP) is 15.3. The molecule has 0 aromatic carbocycles. The molecule has 0 aliphatic heterocycles. The van der Waals surface area contributed by atoms with Crippen LogP contribution in [0.15, 0.2) is 53.6 Å². The Bertz CT molecular complexity index is 1100. The summed E-state index contributed by atoms with van der Waals surface area (Å²) >= 11 is 0. The summed E-state index contributed by atoms with van der Waals surface area (Å²) in [5.74, 6) is 0.682. The van der Waals surface area contributed by atoms with Crippen molar-refractivity contribution in [2.24, 2.45) is 10.9 Å². The largest absolute Gasteiger partial charge is 0.444 e. The lowest BCUT2D eigenvalue weighted by molar-refractivity contribution is 0.0545. The molecule has 0 aromatic heterocycles. The number of ether oxygens (including phenoxy) is 2. The van der Waals surface area contributed by atoms with E-state index < -0.39 is 23.4 Å². The second-order valence-corrected chi connectivity index (χ2v) is 18.9. The summed E-state index contributed by atoms with van der Waals surface area (Å²) in [7, 11) is 2.15. The average molecular weight is 841 g/mol. The minimum Gasteiger partial charge on any atom is -0.444 e. The number of hydrogen-bond donors (Lipinski definition) is 2. The zero-order valence-electron chi connectivity index (χ0n) is 40.7. The van der Waals surface area contributed by atoms with E-state index in [-0.39, 0.29) is 5.96 Å². The third kappa shape index (κ3) is 43.2.